The van der Waals surface area contributed by atoms with Gasteiger partial charge in [0.25, 0.3) is 0 Å². The minimum atomic E-state index is -0.268. The van der Waals surface area contributed by atoms with Crippen molar-refractivity contribution in [3.8, 4) is 11.3 Å². The number of nitrogens with one attached hydrogen (secondary N) is 2. The molecule has 1 aromatic carbocycles. The third-order valence-electron chi connectivity index (χ3n) is 3.55. The minimum absolute atomic E-state index is 0.0742. The molecule has 0 fully saturated rings. The fourth-order valence-corrected chi connectivity index (χ4v) is 2.71. The Morgan fingerprint density at radius 1 is 1.29 bits per heavy atom. The van der Waals surface area contributed by atoms with Gasteiger partial charge in [0, 0.05) is 18.7 Å². The second-order valence-corrected chi connectivity index (χ2v) is 6.46. The van der Waals surface area contributed by atoms with Gasteiger partial charge in [0.05, 0.1) is 18.0 Å². The third kappa shape index (κ3) is 4.69. The molecule has 0 saturated carbocycles. The standard InChI is InChI=1S/C17H25N3O/c1-13(21)9-17(2,3)12-18-10-15-11-19-20-16(15)14-7-5-4-6-8-14/h4-8,11,13,18,21H,9-10,12H2,1-3H3,(H,19,20). The molecule has 0 spiro atoms. The number of hydrogen-bond acceptors (Lipinski definition) is 3. The summed E-state index contributed by atoms with van der Waals surface area (Å²) in [4.78, 5) is 0. The highest BCUT2D eigenvalue weighted by molar-refractivity contribution is 5.62. The molecule has 1 heterocycles. The number of aromatic amines is 1. The molecular weight excluding hydrogens is 262 g/mol. The number of aliphatic hydroxyl groups excluding tert-OH is 1. The molecule has 0 aliphatic heterocycles. The van der Waals surface area contributed by atoms with Gasteiger partial charge >= 0.3 is 0 Å². The van der Waals surface area contributed by atoms with Crippen molar-refractivity contribution >= 4 is 0 Å². The maximum atomic E-state index is 9.52. The second kappa shape index (κ2) is 6.87. The predicted molar refractivity (Wildman–Crippen MR) is 85.8 cm³/mol. The average molecular weight is 287 g/mol. The highest BCUT2D eigenvalue weighted by Crippen LogP contribution is 2.23. The first kappa shape index (κ1) is 15.7. The van der Waals surface area contributed by atoms with Gasteiger partial charge in [-0.05, 0) is 24.3 Å². The van der Waals surface area contributed by atoms with Crippen molar-refractivity contribution in [2.45, 2.75) is 39.8 Å². The number of aromatic nitrogens is 2. The maximum Gasteiger partial charge on any atom is 0.0695 e. The lowest BCUT2D eigenvalue weighted by atomic mass is 9.87. The van der Waals surface area contributed by atoms with Crippen LogP contribution in [0.3, 0.4) is 0 Å². The summed E-state index contributed by atoms with van der Waals surface area (Å²) < 4.78 is 0. The molecule has 21 heavy (non-hydrogen) atoms. The van der Waals surface area contributed by atoms with Crippen molar-refractivity contribution in [1.29, 1.82) is 0 Å². The molecule has 0 saturated heterocycles. The number of nitrogens with zero attached hydrogens (tertiary/aromatic N) is 1. The molecule has 4 nitrogen and oxygen atoms in total. The van der Waals surface area contributed by atoms with Crippen LogP contribution in [-0.4, -0.2) is 28.0 Å². The fourth-order valence-electron chi connectivity index (χ4n) is 2.71. The van der Waals surface area contributed by atoms with E-state index in [1.165, 1.54) is 0 Å². The molecule has 0 bridgehead atoms. The summed E-state index contributed by atoms with van der Waals surface area (Å²) in [7, 11) is 0. The van der Waals surface area contributed by atoms with E-state index >= 15 is 0 Å². The van der Waals surface area contributed by atoms with Gasteiger partial charge in [-0.25, -0.2) is 0 Å². The van der Waals surface area contributed by atoms with E-state index in [2.05, 4.69) is 41.5 Å². The largest absolute Gasteiger partial charge is 0.393 e. The molecule has 1 aromatic heterocycles. The number of benzene rings is 1. The van der Waals surface area contributed by atoms with Crippen LogP contribution in [0.4, 0.5) is 0 Å². The van der Waals surface area contributed by atoms with Crippen molar-refractivity contribution in [3.63, 3.8) is 0 Å². The molecule has 114 valence electrons. The topological polar surface area (TPSA) is 60.9 Å². The van der Waals surface area contributed by atoms with Crippen LogP contribution in [0.2, 0.25) is 0 Å². The van der Waals surface area contributed by atoms with Crippen LogP contribution in [0.25, 0.3) is 11.3 Å². The van der Waals surface area contributed by atoms with Crippen LogP contribution in [0.15, 0.2) is 36.5 Å². The van der Waals surface area contributed by atoms with E-state index in [4.69, 9.17) is 0 Å². The van der Waals surface area contributed by atoms with Crippen LogP contribution in [-0.2, 0) is 6.54 Å². The quantitative estimate of drug-likeness (QED) is 0.733. The Kier molecular flexibility index (Phi) is 5.15. The zero-order chi connectivity index (χ0) is 15.3. The van der Waals surface area contributed by atoms with Gasteiger partial charge in [0.1, 0.15) is 0 Å². The number of aliphatic hydroxyl groups is 1. The van der Waals surface area contributed by atoms with Crippen molar-refractivity contribution in [2.24, 2.45) is 5.41 Å². The zero-order valence-electron chi connectivity index (χ0n) is 13.1. The van der Waals surface area contributed by atoms with E-state index in [0.717, 1.165) is 36.3 Å². The maximum absolute atomic E-state index is 9.52. The molecule has 0 aliphatic rings. The lowest BCUT2D eigenvalue weighted by Crippen LogP contribution is -2.31. The van der Waals surface area contributed by atoms with E-state index in [1.807, 2.05) is 31.3 Å². The first-order valence-electron chi connectivity index (χ1n) is 7.44. The Morgan fingerprint density at radius 3 is 2.67 bits per heavy atom. The zero-order valence-corrected chi connectivity index (χ0v) is 13.1. The fraction of sp³-hybridized carbons (Fsp3) is 0.471. The summed E-state index contributed by atoms with van der Waals surface area (Å²) in [6, 6.07) is 10.2. The van der Waals surface area contributed by atoms with Crippen LogP contribution in [0.5, 0.6) is 0 Å². The van der Waals surface area contributed by atoms with Crippen LogP contribution < -0.4 is 5.32 Å². The van der Waals surface area contributed by atoms with E-state index in [9.17, 15) is 5.11 Å². The second-order valence-electron chi connectivity index (χ2n) is 6.46. The molecule has 3 N–H and O–H groups in total. The first-order chi connectivity index (χ1) is 9.98. The molecule has 0 aliphatic carbocycles. The molecule has 2 aromatic rings. The summed E-state index contributed by atoms with van der Waals surface area (Å²) >= 11 is 0. The van der Waals surface area contributed by atoms with Crippen LogP contribution in [0, 0.1) is 5.41 Å². The molecule has 1 unspecified atom stereocenters. The Hall–Kier alpha value is -1.65. The molecule has 2 rings (SSSR count). The van der Waals surface area contributed by atoms with E-state index in [-0.39, 0.29) is 11.5 Å². The third-order valence-corrected chi connectivity index (χ3v) is 3.55. The van der Waals surface area contributed by atoms with Gasteiger partial charge < -0.3 is 10.4 Å². The molecule has 4 heteroatoms. The SMILES string of the molecule is CC(O)CC(C)(C)CNCc1cn[nH]c1-c1ccccc1. The first-order valence-corrected chi connectivity index (χ1v) is 7.44. The van der Waals surface area contributed by atoms with Crippen molar-refractivity contribution in [1.82, 2.24) is 15.5 Å². The number of hydrogen-bond donors (Lipinski definition) is 3. The van der Waals surface area contributed by atoms with Gasteiger partial charge in [-0.1, -0.05) is 44.2 Å². The number of rotatable bonds is 7. The van der Waals surface area contributed by atoms with Crippen molar-refractivity contribution < 1.29 is 5.11 Å². The Morgan fingerprint density at radius 2 is 2.00 bits per heavy atom. The minimum Gasteiger partial charge on any atom is -0.393 e. The van der Waals surface area contributed by atoms with Gasteiger partial charge in [-0.2, -0.15) is 5.10 Å². The summed E-state index contributed by atoms with van der Waals surface area (Å²) in [6.45, 7) is 7.80. The highest BCUT2D eigenvalue weighted by atomic mass is 16.3. The van der Waals surface area contributed by atoms with E-state index < -0.39 is 0 Å². The number of H-pyrrole nitrogens is 1. The van der Waals surface area contributed by atoms with Gasteiger partial charge in [0.2, 0.25) is 0 Å². The Labute approximate surface area is 126 Å². The average Bonchev–Trinajstić information content (AvgIpc) is 2.86. The van der Waals surface area contributed by atoms with E-state index in [1.54, 1.807) is 0 Å². The predicted octanol–water partition coefficient (Wildman–Crippen LogP) is 2.96. The van der Waals surface area contributed by atoms with Crippen molar-refractivity contribution in [2.75, 3.05) is 6.54 Å². The van der Waals surface area contributed by atoms with Gasteiger partial charge in [-0.3, -0.25) is 5.10 Å². The van der Waals surface area contributed by atoms with Crippen LogP contribution >= 0.6 is 0 Å². The Bertz CT molecular complexity index is 546. The molecule has 0 radical (unpaired) electrons. The Balaban J connectivity index is 1.95. The molecule has 1 atom stereocenters. The lowest BCUT2D eigenvalue weighted by Gasteiger charge is -2.26. The van der Waals surface area contributed by atoms with E-state index in [0.29, 0.717) is 0 Å². The van der Waals surface area contributed by atoms with Crippen LogP contribution in [0.1, 0.15) is 32.8 Å². The summed E-state index contributed by atoms with van der Waals surface area (Å²) in [5, 5.41) is 20.2. The molecular formula is C17H25N3O. The summed E-state index contributed by atoms with van der Waals surface area (Å²) in [5.41, 5.74) is 3.45. The van der Waals surface area contributed by atoms with Crippen molar-refractivity contribution in [3.05, 3.63) is 42.1 Å². The monoisotopic (exact) mass is 287 g/mol. The highest BCUT2D eigenvalue weighted by Gasteiger charge is 2.20. The normalized spacial score (nSPS) is 13.3. The summed E-state index contributed by atoms with van der Waals surface area (Å²) in [6.07, 6.45) is 2.39. The van der Waals surface area contributed by atoms with Gasteiger partial charge in [0.15, 0.2) is 0 Å². The smallest absolute Gasteiger partial charge is 0.0695 e. The molecule has 0 amide bonds. The lowest BCUT2D eigenvalue weighted by molar-refractivity contribution is 0.128. The van der Waals surface area contributed by atoms with Gasteiger partial charge in [-0.15, -0.1) is 0 Å². The summed E-state index contributed by atoms with van der Waals surface area (Å²) in [5.74, 6) is 0.